The van der Waals surface area contributed by atoms with E-state index in [1.807, 2.05) is 13.8 Å². The van der Waals surface area contributed by atoms with Gasteiger partial charge in [-0.05, 0) is 30.6 Å². The second-order valence-corrected chi connectivity index (χ2v) is 5.43. The Kier molecular flexibility index (Phi) is 3.33. The highest BCUT2D eigenvalue weighted by Crippen LogP contribution is 2.43. The standard InChI is InChI=1S/C13H21NO2/c1-8(2)12(7-15)14-13(16)11-6-9-3-4-10(11)5-9/h3-4,8-12,15H,5-7H2,1-2H3,(H,14,16). The summed E-state index contributed by atoms with van der Waals surface area (Å²) in [6.45, 7) is 4.06. The van der Waals surface area contributed by atoms with E-state index in [0.717, 1.165) is 12.8 Å². The van der Waals surface area contributed by atoms with Crippen LogP contribution in [0.5, 0.6) is 0 Å². The molecule has 4 unspecified atom stereocenters. The summed E-state index contributed by atoms with van der Waals surface area (Å²) in [4.78, 5) is 12.1. The Bertz CT molecular complexity index is 298. The van der Waals surface area contributed by atoms with Crippen LogP contribution in [0.15, 0.2) is 12.2 Å². The van der Waals surface area contributed by atoms with Crippen molar-refractivity contribution in [2.75, 3.05) is 6.61 Å². The topological polar surface area (TPSA) is 49.3 Å². The van der Waals surface area contributed by atoms with Crippen LogP contribution < -0.4 is 5.32 Å². The van der Waals surface area contributed by atoms with Crippen molar-refractivity contribution in [1.29, 1.82) is 0 Å². The van der Waals surface area contributed by atoms with Crippen molar-refractivity contribution in [2.45, 2.75) is 32.7 Å². The Morgan fingerprint density at radius 3 is 2.62 bits per heavy atom. The summed E-state index contributed by atoms with van der Waals surface area (Å²) in [7, 11) is 0. The lowest BCUT2D eigenvalue weighted by Gasteiger charge is -2.24. The van der Waals surface area contributed by atoms with Crippen LogP contribution in [0.2, 0.25) is 0 Å². The molecule has 3 nitrogen and oxygen atoms in total. The number of hydrogen-bond donors (Lipinski definition) is 2. The Morgan fingerprint density at radius 2 is 2.19 bits per heavy atom. The second kappa shape index (κ2) is 4.58. The monoisotopic (exact) mass is 223 g/mol. The highest BCUT2D eigenvalue weighted by atomic mass is 16.3. The predicted octanol–water partition coefficient (Wildman–Crippen LogP) is 1.33. The van der Waals surface area contributed by atoms with Crippen LogP contribution in [0.25, 0.3) is 0 Å². The maximum absolute atomic E-state index is 12.1. The lowest BCUT2D eigenvalue weighted by molar-refractivity contribution is -0.127. The van der Waals surface area contributed by atoms with Crippen molar-refractivity contribution in [1.82, 2.24) is 5.32 Å². The Labute approximate surface area is 96.9 Å². The van der Waals surface area contributed by atoms with Crippen LogP contribution in [0, 0.1) is 23.7 Å². The first-order chi connectivity index (χ1) is 7.61. The molecule has 0 aromatic rings. The van der Waals surface area contributed by atoms with Gasteiger partial charge in [0, 0.05) is 5.92 Å². The van der Waals surface area contributed by atoms with Crippen LogP contribution in [0.1, 0.15) is 26.7 Å². The molecule has 0 aromatic carbocycles. The summed E-state index contributed by atoms with van der Waals surface area (Å²) in [6.07, 6.45) is 6.55. The van der Waals surface area contributed by atoms with Gasteiger partial charge in [0.1, 0.15) is 0 Å². The zero-order valence-corrected chi connectivity index (χ0v) is 10.0. The maximum atomic E-state index is 12.1. The molecule has 0 radical (unpaired) electrons. The number of amides is 1. The number of aliphatic hydroxyl groups excluding tert-OH is 1. The molecule has 3 heteroatoms. The molecule has 0 heterocycles. The molecule has 0 saturated heterocycles. The number of nitrogens with one attached hydrogen (secondary N) is 1. The molecular weight excluding hydrogens is 202 g/mol. The fourth-order valence-corrected chi connectivity index (χ4v) is 2.80. The highest BCUT2D eigenvalue weighted by molar-refractivity contribution is 5.80. The Morgan fingerprint density at radius 1 is 1.44 bits per heavy atom. The molecule has 2 rings (SSSR count). The lowest BCUT2D eigenvalue weighted by atomic mass is 9.92. The van der Waals surface area contributed by atoms with E-state index in [4.69, 9.17) is 0 Å². The van der Waals surface area contributed by atoms with E-state index in [-0.39, 0.29) is 30.4 Å². The van der Waals surface area contributed by atoms with Crippen molar-refractivity contribution in [3.8, 4) is 0 Å². The highest BCUT2D eigenvalue weighted by Gasteiger charge is 2.40. The molecule has 0 aliphatic heterocycles. The molecule has 1 fully saturated rings. The first-order valence-corrected chi connectivity index (χ1v) is 6.21. The van der Waals surface area contributed by atoms with Gasteiger partial charge in [0.05, 0.1) is 12.6 Å². The zero-order chi connectivity index (χ0) is 11.7. The predicted molar refractivity (Wildman–Crippen MR) is 62.7 cm³/mol. The summed E-state index contributed by atoms with van der Waals surface area (Å²) >= 11 is 0. The van der Waals surface area contributed by atoms with E-state index in [9.17, 15) is 9.90 Å². The summed E-state index contributed by atoms with van der Waals surface area (Å²) in [5.41, 5.74) is 0. The Balaban J connectivity index is 1.91. The van der Waals surface area contributed by atoms with Gasteiger partial charge in [-0.15, -0.1) is 0 Å². The number of allylic oxidation sites excluding steroid dienone is 2. The van der Waals surface area contributed by atoms with E-state index < -0.39 is 0 Å². The molecule has 4 atom stereocenters. The molecule has 2 aliphatic rings. The van der Waals surface area contributed by atoms with Gasteiger partial charge in [0.25, 0.3) is 0 Å². The van der Waals surface area contributed by atoms with Crippen molar-refractivity contribution in [2.24, 2.45) is 23.7 Å². The minimum absolute atomic E-state index is 0.0278. The molecule has 2 bridgehead atoms. The first kappa shape index (κ1) is 11.6. The third-order valence-electron chi connectivity index (χ3n) is 3.94. The summed E-state index contributed by atoms with van der Waals surface area (Å²) < 4.78 is 0. The van der Waals surface area contributed by atoms with E-state index >= 15 is 0 Å². The van der Waals surface area contributed by atoms with Gasteiger partial charge in [-0.2, -0.15) is 0 Å². The molecule has 0 spiro atoms. The Hall–Kier alpha value is -0.830. The number of fused-ring (bicyclic) bond motifs is 2. The van der Waals surface area contributed by atoms with Crippen molar-refractivity contribution < 1.29 is 9.90 Å². The molecule has 1 saturated carbocycles. The van der Waals surface area contributed by atoms with E-state index in [1.165, 1.54) is 0 Å². The summed E-state index contributed by atoms with van der Waals surface area (Å²) in [6, 6.07) is -0.101. The molecule has 90 valence electrons. The lowest BCUT2D eigenvalue weighted by Crippen LogP contribution is -2.44. The second-order valence-electron chi connectivity index (χ2n) is 5.43. The number of rotatable bonds is 4. The van der Waals surface area contributed by atoms with Gasteiger partial charge >= 0.3 is 0 Å². The van der Waals surface area contributed by atoms with Crippen molar-refractivity contribution >= 4 is 5.91 Å². The first-order valence-electron chi connectivity index (χ1n) is 6.21. The largest absolute Gasteiger partial charge is 0.394 e. The van der Waals surface area contributed by atoms with Gasteiger partial charge in [0.15, 0.2) is 0 Å². The van der Waals surface area contributed by atoms with Gasteiger partial charge < -0.3 is 10.4 Å². The minimum Gasteiger partial charge on any atom is -0.394 e. The van der Waals surface area contributed by atoms with E-state index in [2.05, 4.69) is 17.5 Å². The molecule has 0 aromatic heterocycles. The fourth-order valence-electron chi connectivity index (χ4n) is 2.80. The molecular formula is C13H21NO2. The van der Waals surface area contributed by atoms with Gasteiger partial charge in [0.2, 0.25) is 5.91 Å². The van der Waals surface area contributed by atoms with Crippen LogP contribution in [0.3, 0.4) is 0 Å². The summed E-state index contributed by atoms with van der Waals surface area (Å²) in [5.74, 6) is 1.61. The maximum Gasteiger partial charge on any atom is 0.224 e. The van der Waals surface area contributed by atoms with Gasteiger partial charge in [-0.3, -0.25) is 4.79 Å². The van der Waals surface area contributed by atoms with Crippen LogP contribution >= 0.6 is 0 Å². The van der Waals surface area contributed by atoms with E-state index in [0.29, 0.717) is 11.8 Å². The van der Waals surface area contributed by atoms with Crippen molar-refractivity contribution in [3.05, 3.63) is 12.2 Å². The molecule has 1 amide bonds. The number of aliphatic hydroxyl groups is 1. The smallest absolute Gasteiger partial charge is 0.224 e. The normalized spacial score (nSPS) is 33.4. The average Bonchev–Trinajstić information content (AvgIpc) is 2.86. The molecule has 16 heavy (non-hydrogen) atoms. The third kappa shape index (κ3) is 2.14. The minimum atomic E-state index is -0.101. The van der Waals surface area contributed by atoms with E-state index in [1.54, 1.807) is 0 Å². The number of carbonyl (C=O) groups excluding carboxylic acids is 1. The quantitative estimate of drug-likeness (QED) is 0.706. The average molecular weight is 223 g/mol. The molecule has 2 aliphatic carbocycles. The number of hydrogen-bond acceptors (Lipinski definition) is 2. The molecule has 2 N–H and O–H groups in total. The van der Waals surface area contributed by atoms with Crippen LogP contribution in [0.4, 0.5) is 0 Å². The van der Waals surface area contributed by atoms with Gasteiger partial charge in [-0.25, -0.2) is 0 Å². The fraction of sp³-hybridized carbons (Fsp3) is 0.769. The third-order valence-corrected chi connectivity index (χ3v) is 3.94. The van der Waals surface area contributed by atoms with Gasteiger partial charge in [-0.1, -0.05) is 26.0 Å². The number of carbonyl (C=O) groups is 1. The van der Waals surface area contributed by atoms with Crippen molar-refractivity contribution in [3.63, 3.8) is 0 Å². The SMILES string of the molecule is CC(C)C(CO)NC(=O)C1CC2C=CC1C2. The van der Waals surface area contributed by atoms with Crippen LogP contribution in [-0.2, 0) is 4.79 Å². The zero-order valence-electron chi connectivity index (χ0n) is 10.0. The summed E-state index contributed by atoms with van der Waals surface area (Å²) in [5, 5.41) is 12.2. The van der Waals surface area contributed by atoms with Crippen LogP contribution in [-0.4, -0.2) is 23.7 Å².